The Morgan fingerprint density at radius 2 is 1.67 bits per heavy atom. The summed E-state index contributed by atoms with van der Waals surface area (Å²) in [6, 6.07) is 10.5. The predicted molar refractivity (Wildman–Crippen MR) is 84.1 cm³/mol. The minimum absolute atomic E-state index is 0.167. The SMILES string of the molecule is NC(=O)c1ccc(Cl)cc1NC(=O)Nc1cccc(Cl)c1. The molecule has 0 saturated heterocycles. The topological polar surface area (TPSA) is 84.2 Å². The first kappa shape index (κ1) is 15.2. The highest BCUT2D eigenvalue weighted by Crippen LogP contribution is 2.21. The Hall–Kier alpha value is -2.24. The van der Waals surface area contributed by atoms with E-state index in [-0.39, 0.29) is 11.3 Å². The van der Waals surface area contributed by atoms with Gasteiger partial charge in [0.1, 0.15) is 0 Å². The second-order valence-electron chi connectivity index (χ2n) is 4.14. The summed E-state index contributed by atoms with van der Waals surface area (Å²) in [7, 11) is 0. The maximum Gasteiger partial charge on any atom is 0.323 e. The van der Waals surface area contributed by atoms with Crippen molar-refractivity contribution in [3.05, 3.63) is 58.1 Å². The Kier molecular flexibility index (Phi) is 4.67. The summed E-state index contributed by atoms with van der Waals surface area (Å²) >= 11 is 11.7. The molecule has 2 aromatic carbocycles. The first-order chi connectivity index (χ1) is 9.95. The normalized spacial score (nSPS) is 10.0. The fourth-order valence-electron chi connectivity index (χ4n) is 1.69. The van der Waals surface area contributed by atoms with E-state index in [2.05, 4.69) is 10.6 Å². The highest BCUT2D eigenvalue weighted by Gasteiger charge is 2.11. The molecule has 0 unspecified atom stereocenters. The smallest absolute Gasteiger partial charge is 0.323 e. The van der Waals surface area contributed by atoms with Crippen LogP contribution in [0.1, 0.15) is 10.4 Å². The molecule has 2 aromatic rings. The van der Waals surface area contributed by atoms with Crippen molar-refractivity contribution in [3.63, 3.8) is 0 Å². The number of carbonyl (C=O) groups excluding carboxylic acids is 2. The van der Waals surface area contributed by atoms with Gasteiger partial charge in [-0.15, -0.1) is 0 Å². The lowest BCUT2D eigenvalue weighted by molar-refractivity contribution is 0.100. The van der Waals surface area contributed by atoms with Crippen LogP contribution in [0.2, 0.25) is 10.0 Å². The minimum atomic E-state index is -0.662. The van der Waals surface area contributed by atoms with Gasteiger partial charge in [-0.2, -0.15) is 0 Å². The van der Waals surface area contributed by atoms with Gasteiger partial charge < -0.3 is 16.4 Å². The fourth-order valence-corrected chi connectivity index (χ4v) is 2.05. The number of rotatable bonds is 3. The minimum Gasteiger partial charge on any atom is -0.366 e. The molecule has 108 valence electrons. The summed E-state index contributed by atoms with van der Waals surface area (Å²) in [4.78, 5) is 23.2. The number of anilines is 2. The van der Waals surface area contributed by atoms with Crippen molar-refractivity contribution in [2.24, 2.45) is 5.73 Å². The molecule has 3 amide bonds. The molecule has 5 nitrogen and oxygen atoms in total. The summed E-state index contributed by atoms with van der Waals surface area (Å²) in [6.07, 6.45) is 0. The first-order valence-electron chi connectivity index (χ1n) is 5.88. The van der Waals surface area contributed by atoms with Crippen LogP contribution < -0.4 is 16.4 Å². The van der Waals surface area contributed by atoms with Crippen LogP contribution in [0.4, 0.5) is 16.2 Å². The molecule has 0 aliphatic heterocycles. The second kappa shape index (κ2) is 6.47. The van der Waals surface area contributed by atoms with Crippen LogP contribution in [-0.4, -0.2) is 11.9 Å². The molecule has 0 aliphatic carbocycles. The predicted octanol–water partition coefficient (Wildman–Crippen LogP) is 3.74. The summed E-state index contributed by atoms with van der Waals surface area (Å²) < 4.78 is 0. The van der Waals surface area contributed by atoms with Gasteiger partial charge in [0.2, 0.25) is 0 Å². The largest absolute Gasteiger partial charge is 0.366 e. The summed E-state index contributed by atoms with van der Waals surface area (Å²) in [5, 5.41) is 5.98. The lowest BCUT2D eigenvalue weighted by Gasteiger charge is -2.11. The Bertz CT molecular complexity index is 704. The Morgan fingerprint density at radius 1 is 0.952 bits per heavy atom. The molecule has 0 spiro atoms. The molecule has 0 radical (unpaired) electrons. The zero-order chi connectivity index (χ0) is 15.4. The van der Waals surface area contributed by atoms with Crippen LogP contribution in [0.15, 0.2) is 42.5 Å². The van der Waals surface area contributed by atoms with E-state index in [1.807, 2.05) is 0 Å². The van der Waals surface area contributed by atoms with E-state index < -0.39 is 11.9 Å². The molecule has 7 heteroatoms. The van der Waals surface area contributed by atoms with Gasteiger partial charge in [0, 0.05) is 15.7 Å². The maximum absolute atomic E-state index is 11.9. The average molecular weight is 324 g/mol. The summed E-state index contributed by atoms with van der Waals surface area (Å²) in [6.45, 7) is 0. The van der Waals surface area contributed by atoms with Gasteiger partial charge in [-0.25, -0.2) is 4.79 Å². The number of urea groups is 1. The van der Waals surface area contributed by atoms with Crippen molar-refractivity contribution in [1.29, 1.82) is 0 Å². The molecular formula is C14H11Cl2N3O2. The molecule has 2 rings (SSSR count). The van der Waals surface area contributed by atoms with Crippen LogP contribution in [0.25, 0.3) is 0 Å². The van der Waals surface area contributed by atoms with Crippen molar-refractivity contribution < 1.29 is 9.59 Å². The number of nitrogens with one attached hydrogen (secondary N) is 2. The summed E-state index contributed by atoms with van der Waals surface area (Å²) in [5.41, 5.74) is 6.16. The highest BCUT2D eigenvalue weighted by atomic mass is 35.5. The van der Waals surface area contributed by atoms with Gasteiger partial charge in [0.05, 0.1) is 11.3 Å². The molecule has 0 aliphatic rings. The van der Waals surface area contributed by atoms with E-state index in [0.29, 0.717) is 15.7 Å². The van der Waals surface area contributed by atoms with Crippen molar-refractivity contribution in [2.75, 3.05) is 10.6 Å². The van der Waals surface area contributed by atoms with E-state index in [1.165, 1.54) is 18.2 Å². The highest BCUT2D eigenvalue weighted by molar-refractivity contribution is 6.31. The van der Waals surface area contributed by atoms with Crippen molar-refractivity contribution >= 4 is 46.5 Å². The van der Waals surface area contributed by atoms with E-state index in [4.69, 9.17) is 28.9 Å². The van der Waals surface area contributed by atoms with Gasteiger partial charge in [0.25, 0.3) is 5.91 Å². The number of hydrogen-bond donors (Lipinski definition) is 3. The quantitative estimate of drug-likeness (QED) is 0.803. The molecule has 0 atom stereocenters. The Labute approximate surface area is 131 Å². The van der Waals surface area contributed by atoms with Gasteiger partial charge >= 0.3 is 6.03 Å². The number of amides is 3. The van der Waals surface area contributed by atoms with E-state index in [9.17, 15) is 9.59 Å². The van der Waals surface area contributed by atoms with Gasteiger partial charge in [-0.3, -0.25) is 4.79 Å². The zero-order valence-electron chi connectivity index (χ0n) is 10.7. The van der Waals surface area contributed by atoms with Crippen LogP contribution >= 0.6 is 23.2 Å². The van der Waals surface area contributed by atoms with Gasteiger partial charge in [-0.05, 0) is 36.4 Å². The molecule has 0 fully saturated rings. The molecular weight excluding hydrogens is 313 g/mol. The Balaban J connectivity index is 2.16. The van der Waals surface area contributed by atoms with Gasteiger partial charge in [-0.1, -0.05) is 29.3 Å². The zero-order valence-corrected chi connectivity index (χ0v) is 12.2. The third-order valence-corrected chi connectivity index (χ3v) is 3.05. The van der Waals surface area contributed by atoms with Crippen LogP contribution in [-0.2, 0) is 0 Å². The van der Waals surface area contributed by atoms with Crippen LogP contribution in [0, 0.1) is 0 Å². The van der Waals surface area contributed by atoms with Crippen LogP contribution in [0.3, 0.4) is 0 Å². The van der Waals surface area contributed by atoms with Crippen LogP contribution in [0.5, 0.6) is 0 Å². The Morgan fingerprint density at radius 3 is 2.33 bits per heavy atom. The number of benzene rings is 2. The number of halogens is 2. The molecule has 0 bridgehead atoms. The van der Waals surface area contributed by atoms with E-state index in [0.717, 1.165) is 0 Å². The number of nitrogens with two attached hydrogens (primary N) is 1. The third-order valence-electron chi connectivity index (χ3n) is 2.58. The molecule has 4 N–H and O–H groups in total. The van der Waals surface area contributed by atoms with Crippen molar-refractivity contribution in [3.8, 4) is 0 Å². The lowest BCUT2D eigenvalue weighted by atomic mass is 10.1. The molecule has 0 saturated carbocycles. The molecule has 0 heterocycles. The lowest BCUT2D eigenvalue weighted by Crippen LogP contribution is -2.22. The first-order valence-corrected chi connectivity index (χ1v) is 6.64. The third kappa shape index (κ3) is 4.11. The average Bonchev–Trinajstić information content (AvgIpc) is 2.38. The fraction of sp³-hybridized carbons (Fsp3) is 0. The summed E-state index contributed by atoms with van der Waals surface area (Å²) in [5.74, 6) is -0.662. The number of hydrogen-bond acceptors (Lipinski definition) is 2. The standard InChI is InChI=1S/C14H11Cl2N3O2/c15-8-2-1-3-10(6-8)18-14(21)19-12-7-9(16)4-5-11(12)13(17)20/h1-7H,(H2,17,20)(H2,18,19,21). The van der Waals surface area contributed by atoms with E-state index >= 15 is 0 Å². The molecule has 0 aromatic heterocycles. The van der Waals surface area contributed by atoms with Gasteiger partial charge in [0.15, 0.2) is 0 Å². The number of primary amides is 1. The van der Waals surface area contributed by atoms with Crippen molar-refractivity contribution in [2.45, 2.75) is 0 Å². The molecule has 21 heavy (non-hydrogen) atoms. The maximum atomic E-state index is 11.9. The van der Waals surface area contributed by atoms with Crippen molar-refractivity contribution in [1.82, 2.24) is 0 Å². The van der Waals surface area contributed by atoms with E-state index in [1.54, 1.807) is 24.3 Å². The number of carbonyl (C=O) groups is 2. The second-order valence-corrected chi connectivity index (χ2v) is 5.02. The monoisotopic (exact) mass is 323 g/mol.